The van der Waals surface area contributed by atoms with Crippen molar-refractivity contribution in [3.05, 3.63) is 11.8 Å². The Kier molecular flexibility index (Phi) is 2.66. The Labute approximate surface area is 103 Å². The van der Waals surface area contributed by atoms with Crippen LogP contribution >= 0.6 is 0 Å². The van der Waals surface area contributed by atoms with Crippen LogP contribution in [0.3, 0.4) is 0 Å². The fourth-order valence-corrected chi connectivity index (χ4v) is 3.72. The van der Waals surface area contributed by atoms with Gasteiger partial charge in [0.05, 0.1) is 6.26 Å². The predicted molar refractivity (Wildman–Crippen MR) is 65.4 cm³/mol. The number of fused-ring (bicyclic) bond motifs is 1. The average Bonchev–Trinajstić information content (AvgIpc) is 2.83. The molecule has 2 aliphatic rings. The van der Waals surface area contributed by atoms with Crippen LogP contribution in [-0.2, 0) is 14.3 Å². The molecule has 3 nitrogen and oxygen atoms in total. The second kappa shape index (κ2) is 3.58. The van der Waals surface area contributed by atoms with Gasteiger partial charge in [0.15, 0.2) is 0 Å². The molecule has 2 atom stereocenters. The second-order valence-corrected chi connectivity index (χ2v) is 6.16. The maximum Gasteiger partial charge on any atom is 0.307 e. The summed E-state index contributed by atoms with van der Waals surface area (Å²) in [6.07, 6.45) is 5.00. The minimum Gasteiger partial charge on any atom is -0.435 e. The zero-order chi connectivity index (χ0) is 12.9. The van der Waals surface area contributed by atoms with Crippen LogP contribution in [0.1, 0.15) is 53.9 Å². The Morgan fingerprint density at radius 3 is 2.41 bits per heavy atom. The van der Waals surface area contributed by atoms with Gasteiger partial charge in [0.2, 0.25) is 0 Å². The molecule has 0 radical (unpaired) electrons. The van der Waals surface area contributed by atoms with Gasteiger partial charge in [-0.2, -0.15) is 0 Å². The van der Waals surface area contributed by atoms with E-state index >= 15 is 0 Å². The van der Waals surface area contributed by atoms with Crippen molar-refractivity contribution in [1.29, 1.82) is 0 Å². The Morgan fingerprint density at radius 2 is 1.88 bits per heavy atom. The van der Waals surface area contributed by atoms with Crippen molar-refractivity contribution in [2.75, 3.05) is 0 Å². The predicted octanol–water partition coefficient (Wildman–Crippen LogP) is 3.19. The van der Waals surface area contributed by atoms with E-state index in [1.807, 2.05) is 6.92 Å². The van der Waals surface area contributed by atoms with E-state index < -0.39 is 0 Å². The number of carbonyl (C=O) groups excluding carboxylic acids is 1. The summed E-state index contributed by atoms with van der Waals surface area (Å²) in [5.74, 6) is -0.281. The first-order valence-electron chi connectivity index (χ1n) is 6.30. The summed E-state index contributed by atoms with van der Waals surface area (Å²) in [5.41, 5.74) is 0.809. The summed E-state index contributed by atoms with van der Waals surface area (Å²) < 4.78 is 11.1. The van der Waals surface area contributed by atoms with E-state index in [0.29, 0.717) is 0 Å². The SMILES string of the molecule is CC(=O)O/C=C(\C)C12OC1(C)CCCC2(C)C. The third-order valence-corrected chi connectivity index (χ3v) is 4.45. The maximum absolute atomic E-state index is 10.9. The molecule has 0 aromatic carbocycles. The summed E-state index contributed by atoms with van der Waals surface area (Å²) in [4.78, 5) is 10.9. The normalized spacial score (nSPS) is 39.5. The van der Waals surface area contributed by atoms with Gasteiger partial charge in [-0.15, -0.1) is 0 Å². The van der Waals surface area contributed by atoms with Gasteiger partial charge in [-0.3, -0.25) is 4.79 Å². The van der Waals surface area contributed by atoms with Crippen LogP contribution in [0.5, 0.6) is 0 Å². The molecule has 2 fully saturated rings. The lowest BCUT2D eigenvalue weighted by atomic mass is 9.62. The second-order valence-electron chi connectivity index (χ2n) is 6.16. The first-order chi connectivity index (χ1) is 7.75. The van der Waals surface area contributed by atoms with Crippen LogP contribution < -0.4 is 0 Å². The number of carbonyl (C=O) groups is 1. The molecule has 1 heterocycles. The van der Waals surface area contributed by atoms with E-state index in [-0.39, 0.29) is 22.6 Å². The third kappa shape index (κ3) is 1.63. The van der Waals surface area contributed by atoms with Crippen molar-refractivity contribution in [1.82, 2.24) is 0 Å². The highest BCUT2D eigenvalue weighted by molar-refractivity contribution is 5.66. The topological polar surface area (TPSA) is 38.8 Å². The van der Waals surface area contributed by atoms with Crippen molar-refractivity contribution in [2.45, 2.75) is 65.1 Å². The highest BCUT2D eigenvalue weighted by atomic mass is 16.6. The number of esters is 1. The quantitative estimate of drug-likeness (QED) is 0.421. The van der Waals surface area contributed by atoms with E-state index in [1.165, 1.54) is 13.3 Å². The molecule has 2 rings (SSSR count). The average molecular weight is 238 g/mol. The minimum absolute atomic E-state index is 0.0739. The molecule has 0 aromatic heterocycles. The van der Waals surface area contributed by atoms with Crippen LogP contribution in [0, 0.1) is 5.41 Å². The zero-order valence-corrected chi connectivity index (χ0v) is 11.4. The maximum atomic E-state index is 10.9. The monoisotopic (exact) mass is 238 g/mol. The molecule has 96 valence electrons. The summed E-state index contributed by atoms with van der Waals surface area (Å²) in [5, 5.41) is 0. The number of epoxide rings is 1. The highest BCUT2D eigenvalue weighted by Crippen LogP contribution is 2.68. The van der Waals surface area contributed by atoms with E-state index in [9.17, 15) is 4.79 Å². The smallest absolute Gasteiger partial charge is 0.307 e. The molecule has 0 bridgehead atoms. The lowest BCUT2D eigenvalue weighted by molar-refractivity contribution is -0.135. The first kappa shape index (κ1) is 12.6. The first-order valence-corrected chi connectivity index (χ1v) is 6.30. The van der Waals surface area contributed by atoms with Crippen LogP contribution in [0.2, 0.25) is 0 Å². The van der Waals surface area contributed by atoms with Crippen LogP contribution in [0.4, 0.5) is 0 Å². The summed E-state index contributed by atoms with van der Waals surface area (Å²) in [6.45, 7) is 10.1. The molecule has 1 aliphatic heterocycles. The molecule has 3 heteroatoms. The van der Waals surface area contributed by atoms with Crippen molar-refractivity contribution in [3.8, 4) is 0 Å². The molecule has 0 N–H and O–H groups in total. The van der Waals surface area contributed by atoms with Crippen LogP contribution in [-0.4, -0.2) is 17.2 Å². The van der Waals surface area contributed by atoms with Gasteiger partial charge in [0, 0.05) is 12.3 Å². The van der Waals surface area contributed by atoms with Crippen LogP contribution in [0.25, 0.3) is 0 Å². The van der Waals surface area contributed by atoms with Gasteiger partial charge in [0.1, 0.15) is 11.2 Å². The molecule has 17 heavy (non-hydrogen) atoms. The molecule has 0 amide bonds. The zero-order valence-electron chi connectivity index (χ0n) is 11.4. The number of hydrogen-bond acceptors (Lipinski definition) is 3. The lowest BCUT2D eigenvalue weighted by Crippen LogP contribution is -2.43. The molecule has 1 aliphatic carbocycles. The van der Waals surface area contributed by atoms with E-state index in [4.69, 9.17) is 9.47 Å². The van der Waals surface area contributed by atoms with Gasteiger partial charge in [-0.1, -0.05) is 13.8 Å². The van der Waals surface area contributed by atoms with Gasteiger partial charge in [-0.25, -0.2) is 0 Å². The van der Waals surface area contributed by atoms with E-state index in [2.05, 4.69) is 20.8 Å². The van der Waals surface area contributed by atoms with Crippen molar-refractivity contribution >= 4 is 5.97 Å². The lowest BCUT2D eigenvalue weighted by Gasteiger charge is -2.38. The minimum atomic E-state index is -0.281. The summed E-state index contributed by atoms with van der Waals surface area (Å²) in [7, 11) is 0. The van der Waals surface area contributed by atoms with Gasteiger partial charge in [0.25, 0.3) is 0 Å². The van der Waals surface area contributed by atoms with Crippen molar-refractivity contribution < 1.29 is 14.3 Å². The summed E-state index contributed by atoms with van der Waals surface area (Å²) in [6, 6.07) is 0. The molecule has 0 aromatic rings. The fraction of sp³-hybridized carbons (Fsp3) is 0.786. The number of hydrogen-bond donors (Lipinski definition) is 0. The Balaban J connectivity index is 2.29. The Bertz CT molecular complexity index is 383. The molecule has 1 saturated carbocycles. The third-order valence-electron chi connectivity index (χ3n) is 4.45. The van der Waals surface area contributed by atoms with Gasteiger partial charge < -0.3 is 9.47 Å². The fourth-order valence-electron chi connectivity index (χ4n) is 3.72. The molecule has 1 saturated heterocycles. The van der Waals surface area contributed by atoms with Gasteiger partial charge in [-0.05, 0) is 38.7 Å². The molecular formula is C14H22O3. The largest absolute Gasteiger partial charge is 0.435 e. The standard InChI is InChI=1S/C14H22O3/c1-10(9-16-11(2)15)14-12(3,4)7-6-8-13(14,5)17-14/h9H,6-8H2,1-5H3/b10-9+. The highest BCUT2D eigenvalue weighted by Gasteiger charge is 2.75. The van der Waals surface area contributed by atoms with Crippen molar-refractivity contribution in [2.24, 2.45) is 5.41 Å². The molecular weight excluding hydrogens is 216 g/mol. The molecule has 2 unspecified atom stereocenters. The Morgan fingerprint density at radius 1 is 1.24 bits per heavy atom. The Hall–Kier alpha value is -0.830. The molecule has 0 spiro atoms. The van der Waals surface area contributed by atoms with E-state index in [1.54, 1.807) is 6.26 Å². The van der Waals surface area contributed by atoms with Crippen molar-refractivity contribution in [3.63, 3.8) is 0 Å². The number of rotatable bonds is 2. The van der Waals surface area contributed by atoms with Crippen LogP contribution in [0.15, 0.2) is 11.8 Å². The number of ether oxygens (including phenoxy) is 2. The van der Waals surface area contributed by atoms with Gasteiger partial charge >= 0.3 is 5.97 Å². The van der Waals surface area contributed by atoms with E-state index in [0.717, 1.165) is 18.4 Å². The summed E-state index contributed by atoms with van der Waals surface area (Å²) >= 11 is 0.